The van der Waals surface area contributed by atoms with Crippen LogP contribution in [-0.4, -0.2) is 9.55 Å². The molecule has 0 atom stereocenters. The summed E-state index contributed by atoms with van der Waals surface area (Å²) in [5, 5.41) is 1.34. The van der Waals surface area contributed by atoms with Crippen LogP contribution < -0.4 is 0 Å². The fraction of sp³-hybridized carbons (Fsp3) is 0.136. The number of fused-ring (bicyclic) bond motifs is 1. The van der Waals surface area contributed by atoms with Crippen molar-refractivity contribution in [2.75, 3.05) is 0 Å². The van der Waals surface area contributed by atoms with E-state index in [4.69, 9.17) is 28.2 Å². The largest absolute Gasteiger partial charge is 0.319 e. The van der Waals surface area contributed by atoms with Crippen LogP contribution in [0.25, 0.3) is 22.4 Å². The first-order valence-electron chi connectivity index (χ1n) is 8.50. The minimum Gasteiger partial charge on any atom is -0.319 e. The third-order valence-corrected chi connectivity index (χ3v) is 5.36. The van der Waals surface area contributed by atoms with E-state index >= 15 is 0 Å². The molecule has 0 N–H and O–H groups in total. The van der Waals surface area contributed by atoms with Crippen molar-refractivity contribution in [1.82, 2.24) is 9.55 Å². The highest BCUT2D eigenvalue weighted by atomic mass is 35.5. The molecule has 1 heterocycles. The van der Waals surface area contributed by atoms with Gasteiger partial charge in [0.15, 0.2) is 0 Å². The summed E-state index contributed by atoms with van der Waals surface area (Å²) in [7, 11) is 0. The van der Waals surface area contributed by atoms with Crippen LogP contribution in [0.2, 0.25) is 10.0 Å². The van der Waals surface area contributed by atoms with Gasteiger partial charge in [0.1, 0.15) is 5.82 Å². The predicted molar refractivity (Wildman–Crippen MR) is 110 cm³/mol. The molecule has 0 aliphatic heterocycles. The van der Waals surface area contributed by atoms with Gasteiger partial charge in [-0.2, -0.15) is 0 Å². The second-order valence-corrected chi connectivity index (χ2v) is 7.34. The maximum absolute atomic E-state index is 6.43. The van der Waals surface area contributed by atoms with Gasteiger partial charge in [0, 0.05) is 21.2 Å². The molecule has 4 rings (SSSR count). The summed E-state index contributed by atoms with van der Waals surface area (Å²) in [6, 6.07) is 20.2. The lowest BCUT2D eigenvalue weighted by molar-refractivity contribution is 0.834. The number of aromatic nitrogens is 2. The zero-order valence-corrected chi connectivity index (χ0v) is 16.1. The maximum Gasteiger partial charge on any atom is 0.141 e. The Morgan fingerprint density at radius 2 is 1.62 bits per heavy atom. The first-order chi connectivity index (χ1) is 12.5. The van der Waals surface area contributed by atoms with Gasteiger partial charge in [-0.15, -0.1) is 0 Å². The number of hydrogen-bond acceptors (Lipinski definition) is 1. The van der Waals surface area contributed by atoms with Crippen molar-refractivity contribution in [3.63, 3.8) is 0 Å². The molecule has 0 aliphatic rings. The third kappa shape index (κ3) is 3.00. The molecular formula is C22H18Cl2N2. The third-order valence-electron chi connectivity index (χ3n) is 4.66. The number of hydrogen-bond donors (Lipinski definition) is 0. The summed E-state index contributed by atoms with van der Waals surface area (Å²) in [5.74, 6) is 0.930. The van der Waals surface area contributed by atoms with Crippen LogP contribution in [0.5, 0.6) is 0 Å². The fourth-order valence-corrected chi connectivity index (χ4v) is 3.86. The molecule has 26 heavy (non-hydrogen) atoms. The average Bonchev–Trinajstić information content (AvgIpc) is 2.96. The first-order valence-corrected chi connectivity index (χ1v) is 9.26. The topological polar surface area (TPSA) is 17.8 Å². The number of aryl methyl sites for hydroxylation is 2. The summed E-state index contributed by atoms with van der Waals surface area (Å²) in [6.45, 7) is 4.79. The summed E-state index contributed by atoms with van der Waals surface area (Å²) < 4.78 is 2.19. The van der Waals surface area contributed by atoms with Crippen molar-refractivity contribution < 1.29 is 0 Å². The molecule has 0 bridgehead atoms. The van der Waals surface area contributed by atoms with Crippen molar-refractivity contribution >= 4 is 34.2 Å². The van der Waals surface area contributed by atoms with Crippen molar-refractivity contribution in [1.29, 1.82) is 0 Å². The van der Waals surface area contributed by atoms with E-state index in [9.17, 15) is 0 Å². The molecule has 0 aliphatic carbocycles. The molecular weight excluding hydrogens is 363 g/mol. The van der Waals surface area contributed by atoms with Gasteiger partial charge in [0.2, 0.25) is 0 Å². The Morgan fingerprint density at radius 3 is 2.35 bits per heavy atom. The van der Waals surface area contributed by atoms with E-state index in [-0.39, 0.29) is 0 Å². The Hall–Kier alpha value is -2.29. The van der Waals surface area contributed by atoms with E-state index in [0.717, 1.165) is 28.0 Å². The van der Waals surface area contributed by atoms with Crippen LogP contribution in [0.15, 0.2) is 60.7 Å². The molecule has 0 amide bonds. The van der Waals surface area contributed by atoms with Crippen LogP contribution in [0, 0.1) is 13.8 Å². The van der Waals surface area contributed by atoms with Gasteiger partial charge in [-0.3, -0.25) is 0 Å². The molecule has 1 aromatic heterocycles. The monoisotopic (exact) mass is 380 g/mol. The SMILES string of the molecule is Cc1ccc(-c2nc3ccccc3n2Cc2c(Cl)cccc2Cl)c(C)c1. The molecule has 0 spiro atoms. The van der Waals surface area contributed by atoms with Gasteiger partial charge in [-0.1, -0.05) is 65.2 Å². The summed E-state index contributed by atoms with van der Waals surface area (Å²) in [5.41, 5.74) is 6.50. The van der Waals surface area contributed by atoms with Crippen LogP contribution in [0.3, 0.4) is 0 Å². The highest BCUT2D eigenvalue weighted by Crippen LogP contribution is 2.32. The summed E-state index contributed by atoms with van der Waals surface area (Å²) in [6.07, 6.45) is 0. The van der Waals surface area contributed by atoms with E-state index in [2.05, 4.69) is 42.7 Å². The van der Waals surface area contributed by atoms with E-state index in [1.54, 1.807) is 0 Å². The van der Waals surface area contributed by atoms with Gasteiger partial charge >= 0.3 is 0 Å². The van der Waals surface area contributed by atoms with Crippen LogP contribution in [0.1, 0.15) is 16.7 Å². The van der Waals surface area contributed by atoms with Crippen LogP contribution >= 0.6 is 23.2 Å². The number of halogens is 2. The highest BCUT2D eigenvalue weighted by Gasteiger charge is 2.16. The normalized spacial score (nSPS) is 11.2. The van der Waals surface area contributed by atoms with E-state index in [1.165, 1.54) is 11.1 Å². The molecule has 3 aromatic carbocycles. The molecule has 0 saturated carbocycles. The molecule has 2 nitrogen and oxygen atoms in total. The number of rotatable bonds is 3. The van der Waals surface area contributed by atoms with Crippen molar-refractivity contribution in [3.8, 4) is 11.4 Å². The van der Waals surface area contributed by atoms with Crippen LogP contribution in [0.4, 0.5) is 0 Å². The maximum atomic E-state index is 6.43. The van der Waals surface area contributed by atoms with E-state index in [1.807, 2.05) is 36.4 Å². The minimum atomic E-state index is 0.571. The zero-order valence-electron chi connectivity index (χ0n) is 14.6. The van der Waals surface area contributed by atoms with Crippen molar-refractivity contribution in [2.24, 2.45) is 0 Å². The number of imidazole rings is 1. The smallest absolute Gasteiger partial charge is 0.141 e. The lowest BCUT2D eigenvalue weighted by Crippen LogP contribution is -2.04. The second-order valence-electron chi connectivity index (χ2n) is 6.53. The van der Waals surface area contributed by atoms with E-state index in [0.29, 0.717) is 16.6 Å². The molecule has 0 saturated heterocycles. The van der Waals surface area contributed by atoms with Crippen molar-refractivity contribution in [2.45, 2.75) is 20.4 Å². The lowest BCUT2D eigenvalue weighted by Gasteiger charge is -2.14. The zero-order chi connectivity index (χ0) is 18.3. The predicted octanol–water partition coefficient (Wildman–Crippen LogP) is 6.68. The molecule has 130 valence electrons. The standard InChI is InChI=1S/C22H18Cl2N2/c1-14-10-11-16(15(2)12-14)22-25-20-8-3-4-9-21(20)26(22)13-17-18(23)6-5-7-19(17)24/h3-12H,13H2,1-2H3. The van der Waals surface area contributed by atoms with Crippen molar-refractivity contribution in [3.05, 3.63) is 87.4 Å². The van der Waals surface area contributed by atoms with E-state index < -0.39 is 0 Å². The Bertz CT molecular complexity index is 1090. The summed E-state index contributed by atoms with van der Waals surface area (Å²) >= 11 is 12.9. The quantitative estimate of drug-likeness (QED) is 0.387. The van der Waals surface area contributed by atoms with Crippen LogP contribution in [-0.2, 0) is 6.54 Å². The number of benzene rings is 3. The van der Waals surface area contributed by atoms with Gasteiger partial charge in [0.25, 0.3) is 0 Å². The second kappa shape index (κ2) is 6.79. The number of nitrogens with zero attached hydrogens (tertiary/aromatic N) is 2. The van der Waals surface area contributed by atoms with Gasteiger partial charge in [0.05, 0.1) is 17.6 Å². The Balaban J connectivity index is 1.95. The Morgan fingerprint density at radius 1 is 0.885 bits per heavy atom. The highest BCUT2D eigenvalue weighted by molar-refractivity contribution is 6.36. The fourth-order valence-electron chi connectivity index (χ4n) is 3.35. The number of para-hydroxylation sites is 2. The Labute approximate surface area is 163 Å². The summed E-state index contributed by atoms with van der Waals surface area (Å²) in [4.78, 5) is 4.91. The Kier molecular flexibility index (Phi) is 4.47. The molecule has 4 heteroatoms. The van der Waals surface area contributed by atoms with Gasteiger partial charge in [-0.05, 0) is 43.7 Å². The average molecular weight is 381 g/mol. The molecule has 0 radical (unpaired) electrons. The molecule has 0 fully saturated rings. The first kappa shape index (κ1) is 17.1. The lowest BCUT2D eigenvalue weighted by atomic mass is 10.1. The molecule has 4 aromatic rings. The van der Waals surface area contributed by atoms with Gasteiger partial charge < -0.3 is 4.57 Å². The minimum absolute atomic E-state index is 0.571. The van der Waals surface area contributed by atoms with Gasteiger partial charge in [-0.25, -0.2) is 4.98 Å². The molecule has 0 unspecified atom stereocenters.